The lowest BCUT2D eigenvalue weighted by Crippen LogP contribution is -2.36. The third kappa shape index (κ3) is 5.45. The van der Waals surface area contributed by atoms with Gasteiger partial charge < -0.3 is 15.8 Å². The van der Waals surface area contributed by atoms with Gasteiger partial charge in [-0.1, -0.05) is 19.8 Å². The first kappa shape index (κ1) is 17.0. The number of nitrogen functional groups attached to an aromatic ring is 1. The zero-order valence-electron chi connectivity index (χ0n) is 12.9. The van der Waals surface area contributed by atoms with Gasteiger partial charge in [-0.25, -0.2) is 4.79 Å². The number of rotatable bonds is 7. The van der Waals surface area contributed by atoms with Gasteiger partial charge >= 0.3 is 5.97 Å². The van der Waals surface area contributed by atoms with Crippen molar-refractivity contribution in [3.63, 3.8) is 0 Å². The molecule has 1 rings (SSSR count). The Morgan fingerprint density at radius 1 is 1.33 bits per heavy atom. The SMILES string of the molecule is CCCCCNC(=O)C(C)OC(=O)c1ccc(N)c(C)c1. The van der Waals surface area contributed by atoms with Gasteiger partial charge in [0.2, 0.25) is 0 Å². The largest absolute Gasteiger partial charge is 0.449 e. The first-order chi connectivity index (χ1) is 9.95. The predicted octanol–water partition coefficient (Wildman–Crippen LogP) is 2.43. The smallest absolute Gasteiger partial charge is 0.338 e. The maximum atomic E-state index is 12.0. The van der Waals surface area contributed by atoms with Crippen molar-refractivity contribution in [1.29, 1.82) is 0 Å². The van der Waals surface area contributed by atoms with Gasteiger partial charge in [0, 0.05) is 12.2 Å². The molecule has 0 saturated heterocycles. The second-order valence-corrected chi connectivity index (χ2v) is 5.12. The summed E-state index contributed by atoms with van der Waals surface area (Å²) in [4.78, 5) is 23.7. The van der Waals surface area contributed by atoms with Crippen LogP contribution in [0.4, 0.5) is 5.69 Å². The predicted molar refractivity (Wildman–Crippen MR) is 83.0 cm³/mol. The van der Waals surface area contributed by atoms with Crippen molar-refractivity contribution >= 4 is 17.6 Å². The van der Waals surface area contributed by atoms with Crippen LogP contribution in [0.5, 0.6) is 0 Å². The quantitative estimate of drug-likeness (QED) is 0.459. The van der Waals surface area contributed by atoms with E-state index in [2.05, 4.69) is 12.2 Å². The molecule has 1 unspecified atom stereocenters. The van der Waals surface area contributed by atoms with E-state index in [1.165, 1.54) is 0 Å². The van der Waals surface area contributed by atoms with E-state index in [-0.39, 0.29) is 5.91 Å². The Bertz CT molecular complexity index is 500. The van der Waals surface area contributed by atoms with Crippen LogP contribution in [0.2, 0.25) is 0 Å². The molecule has 1 atom stereocenters. The zero-order chi connectivity index (χ0) is 15.8. The minimum atomic E-state index is -0.808. The number of carbonyl (C=O) groups excluding carboxylic acids is 2. The van der Waals surface area contributed by atoms with Crippen LogP contribution < -0.4 is 11.1 Å². The first-order valence-electron chi connectivity index (χ1n) is 7.30. The fourth-order valence-corrected chi connectivity index (χ4v) is 1.82. The number of anilines is 1. The highest BCUT2D eigenvalue weighted by molar-refractivity contribution is 5.92. The highest BCUT2D eigenvalue weighted by atomic mass is 16.5. The maximum absolute atomic E-state index is 12.0. The number of unbranched alkanes of at least 4 members (excludes halogenated alkanes) is 2. The summed E-state index contributed by atoms with van der Waals surface area (Å²) in [6, 6.07) is 4.90. The number of hydrogen-bond acceptors (Lipinski definition) is 4. The Kier molecular flexibility index (Phi) is 6.72. The van der Waals surface area contributed by atoms with Crippen molar-refractivity contribution in [2.24, 2.45) is 0 Å². The Hall–Kier alpha value is -2.04. The topological polar surface area (TPSA) is 81.4 Å². The highest BCUT2D eigenvalue weighted by Crippen LogP contribution is 2.14. The van der Waals surface area contributed by atoms with Crippen molar-refractivity contribution in [1.82, 2.24) is 5.32 Å². The lowest BCUT2D eigenvalue weighted by atomic mass is 10.1. The van der Waals surface area contributed by atoms with Gasteiger partial charge in [0.25, 0.3) is 5.91 Å². The number of hydrogen-bond donors (Lipinski definition) is 2. The van der Waals surface area contributed by atoms with E-state index in [0.717, 1.165) is 24.8 Å². The number of amides is 1. The molecule has 0 aromatic heterocycles. The molecule has 0 aliphatic rings. The molecule has 0 heterocycles. The lowest BCUT2D eigenvalue weighted by molar-refractivity contribution is -0.129. The van der Waals surface area contributed by atoms with Gasteiger partial charge in [0.1, 0.15) is 0 Å². The molecule has 5 nitrogen and oxygen atoms in total. The number of ether oxygens (including phenoxy) is 1. The van der Waals surface area contributed by atoms with E-state index in [9.17, 15) is 9.59 Å². The number of esters is 1. The highest BCUT2D eigenvalue weighted by Gasteiger charge is 2.18. The van der Waals surface area contributed by atoms with Crippen molar-refractivity contribution in [2.45, 2.75) is 46.1 Å². The van der Waals surface area contributed by atoms with E-state index < -0.39 is 12.1 Å². The Balaban J connectivity index is 2.49. The summed E-state index contributed by atoms with van der Waals surface area (Å²) in [5.74, 6) is -0.791. The van der Waals surface area contributed by atoms with E-state index in [4.69, 9.17) is 10.5 Å². The van der Waals surface area contributed by atoms with Crippen LogP contribution in [0.25, 0.3) is 0 Å². The summed E-state index contributed by atoms with van der Waals surface area (Å²) < 4.78 is 5.16. The molecule has 1 amide bonds. The Labute approximate surface area is 125 Å². The zero-order valence-corrected chi connectivity index (χ0v) is 12.9. The van der Waals surface area contributed by atoms with E-state index in [0.29, 0.717) is 17.8 Å². The molecule has 1 aromatic rings. The third-order valence-corrected chi connectivity index (χ3v) is 3.24. The minimum Gasteiger partial charge on any atom is -0.449 e. The molecule has 0 aliphatic heterocycles. The number of benzene rings is 1. The average Bonchev–Trinajstić information content (AvgIpc) is 2.46. The summed E-state index contributed by atoms with van der Waals surface area (Å²) in [7, 11) is 0. The first-order valence-corrected chi connectivity index (χ1v) is 7.30. The molecule has 0 fully saturated rings. The standard InChI is InChI=1S/C16H24N2O3/c1-4-5-6-9-18-15(19)12(3)21-16(20)13-7-8-14(17)11(2)10-13/h7-8,10,12H,4-6,9,17H2,1-3H3,(H,18,19). The van der Waals surface area contributed by atoms with Gasteiger partial charge in [-0.2, -0.15) is 0 Å². The molecule has 0 aliphatic carbocycles. The van der Waals surface area contributed by atoms with Crippen LogP contribution >= 0.6 is 0 Å². The van der Waals surface area contributed by atoms with Gasteiger partial charge in [0.15, 0.2) is 6.10 Å². The molecule has 21 heavy (non-hydrogen) atoms. The third-order valence-electron chi connectivity index (χ3n) is 3.24. The van der Waals surface area contributed by atoms with E-state index in [1.807, 2.05) is 6.92 Å². The average molecular weight is 292 g/mol. The van der Waals surface area contributed by atoms with Crippen molar-refractivity contribution in [3.05, 3.63) is 29.3 Å². The summed E-state index contributed by atoms with van der Waals surface area (Å²) >= 11 is 0. The maximum Gasteiger partial charge on any atom is 0.338 e. The van der Waals surface area contributed by atoms with E-state index in [1.54, 1.807) is 25.1 Å². The van der Waals surface area contributed by atoms with Gasteiger partial charge in [-0.05, 0) is 44.0 Å². The van der Waals surface area contributed by atoms with Crippen LogP contribution in [0.15, 0.2) is 18.2 Å². The Morgan fingerprint density at radius 2 is 2.05 bits per heavy atom. The molecule has 116 valence electrons. The van der Waals surface area contributed by atoms with Crippen molar-refractivity contribution in [3.8, 4) is 0 Å². The molecular weight excluding hydrogens is 268 g/mol. The van der Waals surface area contributed by atoms with Gasteiger partial charge in [0.05, 0.1) is 5.56 Å². The minimum absolute atomic E-state index is 0.272. The van der Waals surface area contributed by atoms with Crippen LogP contribution in [0.1, 0.15) is 49.0 Å². The summed E-state index contributed by atoms with van der Waals surface area (Å²) in [6.45, 7) is 6.09. The molecule has 5 heteroatoms. The summed E-state index contributed by atoms with van der Waals surface area (Å²) in [5, 5.41) is 2.76. The van der Waals surface area contributed by atoms with Crippen LogP contribution in [0.3, 0.4) is 0 Å². The molecule has 0 saturated carbocycles. The second kappa shape index (κ2) is 8.29. The number of nitrogens with two attached hydrogens (primary N) is 1. The van der Waals surface area contributed by atoms with Crippen molar-refractivity contribution < 1.29 is 14.3 Å². The van der Waals surface area contributed by atoms with E-state index >= 15 is 0 Å². The molecule has 0 spiro atoms. The van der Waals surface area contributed by atoms with Crippen molar-refractivity contribution in [2.75, 3.05) is 12.3 Å². The number of nitrogens with one attached hydrogen (secondary N) is 1. The Morgan fingerprint density at radius 3 is 2.67 bits per heavy atom. The van der Waals surface area contributed by atoms with Gasteiger partial charge in [-0.15, -0.1) is 0 Å². The van der Waals surface area contributed by atoms with Crippen LogP contribution in [-0.4, -0.2) is 24.5 Å². The lowest BCUT2D eigenvalue weighted by Gasteiger charge is -2.14. The number of carbonyl (C=O) groups is 2. The summed E-state index contributed by atoms with van der Waals surface area (Å²) in [5.41, 5.74) is 7.52. The van der Waals surface area contributed by atoms with Gasteiger partial charge in [-0.3, -0.25) is 4.79 Å². The number of aryl methyl sites for hydroxylation is 1. The molecular formula is C16H24N2O3. The molecule has 0 bridgehead atoms. The fourth-order valence-electron chi connectivity index (χ4n) is 1.82. The summed E-state index contributed by atoms with van der Waals surface area (Å²) in [6.07, 6.45) is 2.29. The monoisotopic (exact) mass is 292 g/mol. The molecule has 0 radical (unpaired) electrons. The molecule has 3 N–H and O–H groups in total. The molecule has 1 aromatic carbocycles. The van der Waals surface area contributed by atoms with Crippen LogP contribution in [-0.2, 0) is 9.53 Å². The fraction of sp³-hybridized carbons (Fsp3) is 0.500. The second-order valence-electron chi connectivity index (χ2n) is 5.12. The normalized spacial score (nSPS) is 11.8. The van der Waals surface area contributed by atoms with Crippen LogP contribution in [0, 0.1) is 6.92 Å².